The van der Waals surface area contributed by atoms with Crippen LogP contribution in [0.4, 0.5) is 11.4 Å². The van der Waals surface area contributed by atoms with Crippen molar-refractivity contribution in [1.29, 1.82) is 0 Å². The molecule has 14 heteroatoms. The zero-order valence-corrected chi connectivity index (χ0v) is 18.7. The summed E-state index contributed by atoms with van der Waals surface area (Å²) in [6.45, 7) is 1.32. The molecule has 0 bridgehead atoms. The van der Waals surface area contributed by atoms with Crippen molar-refractivity contribution in [3.8, 4) is 5.75 Å². The van der Waals surface area contributed by atoms with Gasteiger partial charge in [-0.3, -0.25) is 15.5 Å². The molecule has 0 spiro atoms. The van der Waals surface area contributed by atoms with Gasteiger partial charge in [-0.05, 0) is 53.9 Å². The van der Waals surface area contributed by atoms with Crippen LogP contribution in [-0.2, 0) is 14.8 Å². The molecule has 0 radical (unpaired) electrons. The van der Waals surface area contributed by atoms with E-state index in [1.165, 1.54) is 22.5 Å². The van der Waals surface area contributed by atoms with E-state index in [0.717, 1.165) is 12.3 Å². The fourth-order valence-electron chi connectivity index (χ4n) is 2.80. The molecule has 1 heterocycles. The maximum atomic E-state index is 12.6. The third kappa shape index (κ3) is 5.69. The number of rotatable bonds is 6. The Kier molecular flexibility index (Phi) is 7.58. The van der Waals surface area contributed by atoms with Gasteiger partial charge in [-0.25, -0.2) is 8.42 Å². The zero-order chi connectivity index (χ0) is 23.3. The number of nitro benzene ring substituents is 1. The van der Waals surface area contributed by atoms with E-state index < -0.39 is 26.4 Å². The third-order valence-corrected chi connectivity index (χ3v) is 6.67. The number of ether oxygens (including phenoxy) is 1. The van der Waals surface area contributed by atoms with Crippen LogP contribution in [0.5, 0.6) is 5.75 Å². The average molecular weight is 499 g/mol. The number of thiocarbonyl (C=S) groups is 1. The Morgan fingerprint density at radius 2 is 1.91 bits per heavy atom. The number of nitrogens with zero attached hydrogens (tertiary/aromatic N) is 3. The van der Waals surface area contributed by atoms with Crippen LogP contribution in [-0.4, -0.2) is 55.3 Å². The van der Waals surface area contributed by atoms with Gasteiger partial charge in [0.2, 0.25) is 10.0 Å². The van der Waals surface area contributed by atoms with Gasteiger partial charge in [0, 0.05) is 29.9 Å². The Balaban J connectivity index is 1.62. The van der Waals surface area contributed by atoms with Gasteiger partial charge < -0.3 is 15.2 Å². The first-order valence-corrected chi connectivity index (χ1v) is 11.3. The average Bonchev–Trinajstić information content (AvgIpc) is 2.76. The summed E-state index contributed by atoms with van der Waals surface area (Å²) in [5, 5.41) is 29.6. The predicted molar refractivity (Wildman–Crippen MR) is 121 cm³/mol. The van der Waals surface area contributed by atoms with Crippen LogP contribution >= 0.6 is 23.8 Å². The van der Waals surface area contributed by atoms with Crippen LogP contribution in [0, 0.1) is 10.1 Å². The maximum Gasteiger partial charge on any atom is 0.263 e. The first kappa shape index (κ1) is 23.8. The van der Waals surface area contributed by atoms with Crippen molar-refractivity contribution < 1.29 is 23.2 Å². The summed E-state index contributed by atoms with van der Waals surface area (Å²) >= 11 is 10.9. The fraction of sp³-hybridized carbons (Fsp3) is 0.222. The Bertz CT molecular complexity index is 1150. The number of nitro groups is 1. The molecule has 3 rings (SSSR count). The van der Waals surface area contributed by atoms with E-state index in [1.54, 1.807) is 12.1 Å². The van der Waals surface area contributed by atoms with Crippen molar-refractivity contribution in [3.63, 3.8) is 0 Å². The lowest BCUT2D eigenvalue weighted by Crippen LogP contribution is -2.40. The van der Waals surface area contributed by atoms with Gasteiger partial charge in [-0.2, -0.15) is 9.41 Å². The topological polar surface area (TPSA) is 149 Å². The number of anilines is 1. The molecule has 1 aliphatic heterocycles. The van der Waals surface area contributed by atoms with Gasteiger partial charge in [-0.15, -0.1) is 0 Å². The number of nitrogens with one attached hydrogen (secondary N) is 2. The molecule has 1 aliphatic rings. The van der Waals surface area contributed by atoms with Gasteiger partial charge in [-0.1, -0.05) is 11.6 Å². The molecule has 11 nitrogen and oxygen atoms in total. The van der Waals surface area contributed by atoms with E-state index in [-0.39, 0.29) is 20.6 Å². The van der Waals surface area contributed by atoms with Crippen molar-refractivity contribution >= 4 is 56.5 Å². The second kappa shape index (κ2) is 10.2. The minimum atomic E-state index is -3.60. The van der Waals surface area contributed by atoms with E-state index in [2.05, 4.69) is 15.8 Å². The summed E-state index contributed by atoms with van der Waals surface area (Å²) in [4.78, 5) is 10.2. The summed E-state index contributed by atoms with van der Waals surface area (Å²) < 4.78 is 31.8. The molecule has 0 unspecified atom stereocenters. The van der Waals surface area contributed by atoms with Crippen LogP contribution in [0.25, 0.3) is 0 Å². The molecule has 170 valence electrons. The second-order valence-corrected chi connectivity index (χ2v) is 9.25. The lowest BCUT2D eigenvalue weighted by atomic mass is 10.2. The van der Waals surface area contributed by atoms with Gasteiger partial charge in [0.1, 0.15) is 0 Å². The van der Waals surface area contributed by atoms with Crippen LogP contribution in [0.1, 0.15) is 5.56 Å². The molecule has 2 aromatic rings. The highest BCUT2D eigenvalue weighted by Crippen LogP contribution is 2.29. The molecule has 1 saturated heterocycles. The molecule has 2 aromatic carbocycles. The molecular weight excluding hydrogens is 482 g/mol. The molecule has 2 N–H and O–H groups in total. The second-order valence-electron chi connectivity index (χ2n) is 6.47. The number of benzene rings is 2. The van der Waals surface area contributed by atoms with Crippen LogP contribution in [0.3, 0.4) is 0 Å². The van der Waals surface area contributed by atoms with Gasteiger partial charge in [0.05, 0.1) is 29.2 Å². The van der Waals surface area contributed by atoms with Crippen LogP contribution in [0.2, 0.25) is 5.02 Å². The Labute approximate surface area is 193 Å². The zero-order valence-electron chi connectivity index (χ0n) is 16.4. The minimum absolute atomic E-state index is 0.0190. The molecule has 0 aliphatic carbocycles. The Hall–Kier alpha value is -2.84. The van der Waals surface area contributed by atoms with Crippen molar-refractivity contribution in [1.82, 2.24) is 9.73 Å². The maximum absolute atomic E-state index is 12.6. The molecule has 0 aromatic heterocycles. The predicted octanol–water partition coefficient (Wildman–Crippen LogP) is 1.66. The normalized spacial score (nSPS) is 14.9. The van der Waals surface area contributed by atoms with Crippen molar-refractivity contribution in [2.45, 2.75) is 4.90 Å². The highest BCUT2D eigenvalue weighted by atomic mass is 35.5. The monoisotopic (exact) mass is 498 g/mol. The number of hydrazone groups is 1. The molecule has 0 amide bonds. The summed E-state index contributed by atoms with van der Waals surface area (Å²) in [5.74, 6) is -0.833. The van der Waals surface area contributed by atoms with E-state index >= 15 is 0 Å². The SMILES string of the molecule is O=[N+]([O-])c1cc(Cl)cc(/C=N\NC(=S)Nc2ccc(S(=O)(=O)N3CCOCC3)cc2)c1[O-]. The summed E-state index contributed by atoms with van der Waals surface area (Å²) in [7, 11) is -3.60. The van der Waals surface area contributed by atoms with Gasteiger partial charge >= 0.3 is 0 Å². The number of hydrogen-bond acceptors (Lipinski definition) is 8. The van der Waals surface area contributed by atoms with Gasteiger partial charge in [0.15, 0.2) is 5.11 Å². The Morgan fingerprint density at radius 1 is 1.25 bits per heavy atom. The first-order chi connectivity index (χ1) is 15.2. The van der Waals surface area contributed by atoms with E-state index in [0.29, 0.717) is 32.0 Å². The summed E-state index contributed by atoms with van der Waals surface area (Å²) in [5.41, 5.74) is 2.22. The standard InChI is InChI=1S/C18H18ClN5O6S2/c19-13-9-12(17(25)16(10-13)24(26)27)11-20-22-18(31)21-14-1-3-15(4-2-14)32(28,29)23-5-7-30-8-6-23/h1-4,9-11,25H,5-8H2,(H2,21,22,31)/p-1/b20-11-. The lowest BCUT2D eigenvalue weighted by molar-refractivity contribution is -0.398. The van der Waals surface area contributed by atoms with Crippen LogP contribution in [0.15, 0.2) is 46.4 Å². The summed E-state index contributed by atoms with van der Waals surface area (Å²) in [6.07, 6.45) is 1.06. The molecular formula is C18H17ClN5O6S2-. The Morgan fingerprint density at radius 3 is 2.53 bits per heavy atom. The minimum Gasteiger partial charge on any atom is -0.867 e. The largest absolute Gasteiger partial charge is 0.867 e. The fourth-order valence-corrected chi connectivity index (χ4v) is 4.60. The molecule has 1 fully saturated rings. The lowest BCUT2D eigenvalue weighted by Gasteiger charge is -2.26. The number of hydrogen-bond donors (Lipinski definition) is 2. The van der Waals surface area contributed by atoms with Crippen molar-refractivity contribution in [2.75, 3.05) is 31.6 Å². The molecule has 0 atom stereocenters. The highest BCUT2D eigenvalue weighted by molar-refractivity contribution is 7.89. The van der Waals surface area contributed by atoms with E-state index in [1.807, 2.05) is 0 Å². The van der Waals surface area contributed by atoms with E-state index in [9.17, 15) is 23.6 Å². The number of morpholine rings is 1. The van der Waals surface area contributed by atoms with Crippen molar-refractivity contribution in [3.05, 3.63) is 57.1 Å². The quantitative estimate of drug-likeness (QED) is 0.262. The van der Waals surface area contributed by atoms with Crippen molar-refractivity contribution in [2.24, 2.45) is 5.10 Å². The highest BCUT2D eigenvalue weighted by Gasteiger charge is 2.26. The molecule has 32 heavy (non-hydrogen) atoms. The van der Waals surface area contributed by atoms with Crippen LogP contribution < -0.4 is 15.8 Å². The smallest absolute Gasteiger partial charge is 0.263 e. The first-order valence-electron chi connectivity index (χ1n) is 9.11. The summed E-state index contributed by atoms with van der Waals surface area (Å²) in [6, 6.07) is 8.19. The number of sulfonamides is 1. The van der Waals surface area contributed by atoms with E-state index in [4.69, 9.17) is 28.6 Å². The van der Waals surface area contributed by atoms with Gasteiger partial charge in [0.25, 0.3) is 5.69 Å². The molecule has 0 saturated carbocycles. The number of halogens is 1. The third-order valence-electron chi connectivity index (χ3n) is 4.35.